The van der Waals surface area contributed by atoms with Gasteiger partial charge in [-0.15, -0.1) is 0 Å². The maximum absolute atomic E-state index is 12.7. The van der Waals surface area contributed by atoms with Crippen LogP contribution in [0.4, 0.5) is 5.82 Å². The summed E-state index contributed by atoms with van der Waals surface area (Å²) in [7, 11) is 0. The van der Waals surface area contributed by atoms with Crippen LogP contribution in [-0.4, -0.2) is 43.3 Å². The lowest BCUT2D eigenvalue weighted by Gasteiger charge is -2.23. The number of likely N-dealkylation sites (tertiary alicyclic amines) is 1. The first-order valence-corrected chi connectivity index (χ1v) is 8.46. The average Bonchev–Trinajstić information content (AvgIpc) is 3.23. The fourth-order valence-corrected chi connectivity index (χ4v) is 3.38. The quantitative estimate of drug-likeness (QED) is 0.763. The maximum Gasteiger partial charge on any atom is 0.242 e. The van der Waals surface area contributed by atoms with Crippen molar-refractivity contribution in [3.63, 3.8) is 0 Å². The molecule has 1 saturated heterocycles. The van der Waals surface area contributed by atoms with E-state index in [1.54, 1.807) is 12.4 Å². The molecule has 7 nitrogen and oxygen atoms in total. The van der Waals surface area contributed by atoms with Crippen LogP contribution in [-0.2, 0) is 11.3 Å². The van der Waals surface area contributed by atoms with E-state index in [1.165, 1.54) is 0 Å². The molecule has 4 heterocycles. The minimum Gasteiger partial charge on any atom is -0.344 e. The molecule has 7 heteroatoms. The Morgan fingerprint density at radius 3 is 3.12 bits per heavy atom. The molecule has 4 rings (SSSR count). The van der Waals surface area contributed by atoms with Crippen molar-refractivity contribution in [3.05, 3.63) is 48.0 Å². The van der Waals surface area contributed by atoms with Gasteiger partial charge in [-0.25, -0.2) is 9.97 Å². The monoisotopic (exact) mass is 336 g/mol. The largest absolute Gasteiger partial charge is 0.344 e. The molecule has 0 bridgehead atoms. The summed E-state index contributed by atoms with van der Waals surface area (Å²) in [5.41, 5.74) is 3.60. The minimum atomic E-state index is -0.149. The first-order chi connectivity index (χ1) is 12.2. The Morgan fingerprint density at radius 1 is 1.36 bits per heavy atom. The smallest absolute Gasteiger partial charge is 0.242 e. The van der Waals surface area contributed by atoms with Gasteiger partial charge in [-0.1, -0.05) is 6.07 Å². The van der Waals surface area contributed by atoms with Gasteiger partial charge in [0.1, 0.15) is 11.3 Å². The summed E-state index contributed by atoms with van der Waals surface area (Å²) in [6.07, 6.45) is 7.15. The number of carbonyl (C=O) groups is 1. The van der Waals surface area contributed by atoms with Crippen molar-refractivity contribution in [2.75, 3.05) is 11.9 Å². The predicted octanol–water partition coefficient (Wildman–Crippen LogP) is 2.26. The van der Waals surface area contributed by atoms with Crippen LogP contribution in [0.5, 0.6) is 0 Å². The zero-order valence-corrected chi connectivity index (χ0v) is 14.1. The summed E-state index contributed by atoms with van der Waals surface area (Å²) < 4.78 is 0. The zero-order valence-electron chi connectivity index (χ0n) is 14.1. The van der Waals surface area contributed by atoms with Crippen LogP contribution >= 0.6 is 0 Å². The number of aromatic nitrogens is 4. The first-order valence-electron chi connectivity index (χ1n) is 8.46. The maximum atomic E-state index is 12.7. The average molecular weight is 336 g/mol. The van der Waals surface area contributed by atoms with E-state index in [2.05, 4.69) is 30.2 Å². The number of H-pyrrole nitrogens is 1. The predicted molar refractivity (Wildman–Crippen MR) is 94.9 cm³/mol. The van der Waals surface area contributed by atoms with Crippen molar-refractivity contribution in [2.45, 2.75) is 32.4 Å². The van der Waals surface area contributed by atoms with Gasteiger partial charge in [-0.3, -0.25) is 14.7 Å². The van der Waals surface area contributed by atoms with Crippen molar-refractivity contribution in [1.29, 1.82) is 0 Å². The highest BCUT2D eigenvalue weighted by Gasteiger charge is 2.31. The summed E-state index contributed by atoms with van der Waals surface area (Å²) in [4.78, 5) is 31.1. The fourth-order valence-electron chi connectivity index (χ4n) is 3.38. The minimum absolute atomic E-state index is 0.00141. The standard InChI is InChI=1S/C18H20N6O/c1-12-4-2-6-15(22-12)23-18(25)14-5-3-9-24(14)11-13-10-21-17-16(13)19-7-8-20-17/h2,4,6-8,10,14H,3,5,9,11H2,1H3,(H,20,21)(H,22,23,25)/t14-/m0/s1. The lowest BCUT2D eigenvalue weighted by atomic mass is 10.2. The van der Waals surface area contributed by atoms with Gasteiger partial charge in [0.25, 0.3) is 0 Å². The molecule has 0 aliphatic carbocycles. The molecule has 1 aliphatic rings. The van der Waals surface area contributed by atoms with Crippen LogP contribution in [0, 0.1) is 6.92 Å². The van der Waals surface area contributed by atoms with E-state index < -0.39 is 0 Å². The summed E-state index contributed by atoms with van der Waals surface area (Å²) in [6.45, 7) is 3.49. The Labute approximate surface area is 145 Å². The van der Waals surface area contributed by atoms with Gasteiger partial charge in [-0.05, 0) is 38.4 Å². The van der Waals surface area contributed by atoms with Gasteiger partial charge < -0.3 is 10.3 Å². The van der Waals surface area contributed by atoms with Gasteiger partial charge >= 0.3 is 0 Å². The summed E-state index contributed by atoms with van der Waals surface area (Å²) in [5, 5.41) is 2.94. The van der Waals surface area contributed by atoms with E-state index in [4.69, 9.17) is 0 Å². The molecule has 3 aromatic heterocycles. The highest BCUT2D eigenvalue weighted by atomic mass is 16.2. The first kappa shape index (κ1) is 15.7. The molecule has 3 aromatic rings. The topological polar surface area (TPSA) is 86.8 Å². The molecule has 1 atom stereocenters. The molecule has 0 spiro atoms. The molecule has 1 fully saturated rings. The Kier molecular flexibility index (Phi) is 4.15. The highest BCUT2D eigenvalue weighted by molar-refractivity contribution is 5.94. The molecule has 2 N–H and O–H groups in total. The molecule has 1 aliphatic heterocycles. The SMILES string of the molecule is Cc1cccc(NC(=O)[C@@H]2CCCN2Cc2c[nH]c3nccnc23)n1. The van der Waals surface area contributed by atoms with Gasteiger partial charge in [0, 0.05) is 36.4 Å². The number of aromatic amines is 1. The number of fused-ring (bicyclic) bond motifs is 1. The van der Waals surface area contributed by atoms with Crippen LogP contribution in [0.25, 0.3) is 11.2 Å². The van der Waals surface area contributed by atoms with Crippen molar-refractivity contribution in [1.82, 2.24) is 24.8 Å². The zero-order chi connectivity index (χ0) is 17.2. The lowest BCUT2D eigenvalue weighted by molar-refractivity contribution is -0.120. The molecule has 0 unspecified atom stereocenters. The van der Waals surface area contributed by atoms with Gasteiger partial charge in [0.15, 0.2) is 5.65 Å². The summed E-state index contributed by atoms with van der Waals surface area (Å²) in [5.74, 6) is 0.608. The third-order valence-electron chi connectivity index (χ3n) is 4.56. The molecule has 0 radical (unpaired) electrons. The van der Waals surface area contributed by atoms with Gasteiger partial charge in [0.05, 0.1) is 6.04 Å². The Morgan fingerprint density at radius 2 is 2.24 bits per heavy atom. The van der Waals surface area contributed by atoms with Crippen molar-refractivity contribution in [2.24, 2.45) is 0 Å². The van der Waals surface area contributed by atoms with Crippen LogP contribution in [0.2, 0.25) is 0 Å². The normalized spacial score (nSPS) is 17.9. The Hall–Kier alpha value is -2.80. The molecule has 25 heavy (non-hydrogen) atoms. The van der Waals surface area contributed by atoms with Gasteiger partial charge in [-0.2, -0.15) is 0 Å². The molecular formula is C18H20N6O. The fraction of sp³-hybridized carbons (Fsp3) is 0.333. The Balaban J connectivity index is 1.49. The molecular weight excluding hydrogens is 316 g/mol. The molecule has 128 valence electrons. The number of hydrogen-bond donors (Lipinski definition) is 2. The van der Waals surface area contributed by atoms with E-state index in [0.29, 0.717) is 12.4 Å². The number of carbonyl (C=O) groups excluding carboxylic acids is 1. The number of amides is 1. The number of nitrogens with zero attached hydrogens (tertiary/aromatic N) is 4. The number of anilines is 1. The van der Waals surface area contributed by atoms with E-state index in [0.717, 1.165) is 41.8 Å². The van der Waals surface area contributed by atoms with Crippen LogP contribution in [0.1, 0.15) is 24.1 Å². The third kappa shape index (κ3) is 3.23. The van der Waals surface area contributed by atoms with Crippen LogP contribution < -0.4 is 5.32 Å². The van der Waals surface area contributed by atoms with Gasteiger partial charge in [0.2, 0.25) is 5.91 Å². The second-order valence-electron chi connectivity index (χ2n) is 6.35. The number of hydrogen-bond acceptors (Lipinski definition) is 5. The second kappa shape index (κ2) is 6.60. The van der Waals surface area contributed by atoms with Crippen molar-refractivity contribution in [3.8, 4) is 0 Å². The summed E-state index contributed by atoms with van der Waals surface area (Å²) >= 11 is 0. The number of aryl methyl sites for hydroxylation is 1. The molecule has 0 aromatic carbocycles. The second-order valence-corrected chi connectivity index (χ2v) is 6.35. The van der Waals surface area contributed by atoms with Crippen LogP contribution in [0.15, 0.2) is 36.8 Å². The third-order valence-corrected chi connectivity index (χ3v) is 4.56. The van der Waals surface area contributed by atoms with E-state index in [-0.39, 0.29) is 11.9 Å². The van der Waals surface area contributed by atoms with E-state index >= 15 is 0 Å². The van der Waals surface area contributed by atoms with E-state index in [1.807, 2.05) is 31.3 Å². The summed E-state index contributed by atoms with van der Waals surface area (Å²) in [6, 6.07) is 5.48. The molecule has 1 amide bonds. The number of pyridine rings is 1. The molecule has 0 saturated carbocycles. The van der Waals surface area contributed by atoms with Crippen molar-refractivity contribution < 1.29 is 4.79 Å². The number of nitrogens with one attached hydrogen (secondary N) is 2. The lowest BCUT2D eigenvalue weighted by Crippen LogP contribution is -2.39. The Bertz CT molecular complexity index is 905. The van der Waals surface area contributed by atoms with E-state index in [9.17, 15) is 4.79 Å². The van der Waals surface area contributed by atoms with Crippen LogP contribution in [0.3, 0.4) is 0 Å². The van der Waals surface area contributed by atoms with Crippen molar-refractivity contribution >= 4 is 22.9 Å². The number of rotatable bonds is 4. The highest BCUT2D eigenvalue weighted by Crippen LogP contribution is 2.23.